The van der Waals surface area contributed by atoms with Crippen molar-refractivity contribution in [3.8, 4) is 0 Å². The van der Waals surface area contributed by atoms with Gasteiger partial charge in [0.25, 0.3) is 0 Å². The molecule has 108 valence electrons. The van der Waals surface area contributed by atoms with Gasteiger partial charge in [-0.05, 0) is 24.6 Å². The molecule has 0 fully saturated rings. The lowest BCUT2D eigenvalue weighted by Crippen LogP contribution is -2.26. The summed E-state index contributed by atoms with van der Waals surface area (Å²) in [5.41, 5.74) is 6.42. The highest BCUT2D eigenvalue weighted by Crippen LogP contribution is 2.28. The molecule has 0 bridgehead atoms. The first-order valence-corrected chi connectivity index (χ1v) is 8.35. The fraction of sp³-hybridized carbons (Fsp3) is 0.308. The quantitative estimate of drug-likeness (QED) is 0.912. The van der Waals surface area contributed by atoms with Crippen molar-refractivity contribution in [2.45, 2.75) is 24.9 Å². The lowest BCUT2D eigenvalue weighted by atomic mass is 10.3. The van der Waals surface area contributed by atoms with Crippen molar-refractivity contribution in [2.75, 3.05) is 7.05 Å². The molecule has 2 N–H and O–H groups in total. The molecule has 20 heavy (non-hydrogen) atoms. The zero-order valence-corrected chi connectivity index (χ0v) is 13.0. The average Bonchev–Trinajstić information content (AvgIpc) is 2.82. The molecule has 0 radical (unpaired) electrons. The maximum atomic E-state index is 12.6. The average molecular weight is 311 g/mol. The first-order chi connectivity index (χ1) is 9.45. The van der Waals surface area contributed by atoms with E-state index in [1.807, 2.05) is 6.07 Å². The molecule has 0 aromatic carbocycles. The topological polar surface area (TPSA) is 76.3 Å². The molecule has 0 atom stereocenters. The molecule has 5 nitrogen and oxygen atoms in total. The highest BCUT2D eigenvalue weighted by Gasteiger charge is 2.24. The maximum absolute atomic E-state index is 12.6. The lowest BCUT2D eigenvalue weighted by Gasteiger charge is -2.16. The van der Waals surface area contributed by atoms with Gasteiger partial charge in [-0.15, -0.1) is 11.3 Å². The number of aromatic nitrogens is 1. The molecule has 2 aromatic heterocycles. The summed E-state index contributed by atoms with van der Waals surface area (Å²) in [5, 5.41) is 0. The Morgan fingerprint density at radius 3 is 2.75 bits per heavy atom. The van der Waals surface area contributed by atoms with Crippen LogP contribution in [-0.4, -0.2) is 24.8 Å². The van der Waals surface area contributed by atoms with Gasteiger partial charge in [0.05, 0.1) is 4.90 Å². The number of pyridine rings is 1. The van der Waals surface area contributed by atoms with Crippen LogP contribution in [0.15, 0.2) is 35.5 Å². The Morgan fingerprint density at radius 1 is 1.45 bits per heavy atom. The van der Waals surface area contributed by atoms with E-state index in [2.05, 4.69) is 4.98 Å². The second-order valence-electron chi connectivity index (χ2n) is 4.46. The second kappa shape index (κ2) is 6.01. The van der Waals surface area contributed by atoms with E-state index in [1.165, 1.54) is 15.6 Å². The smallest absolute Gasteiger partial charge is 0.244 e. The normalized spacial score (nSPS) is 12.0. The monoisotopic (exact) mass is 311 g/mol. The van der Waals surface area contributed by atoms with Crippen LogP contribution in [0, 0.1) is 6.92 Å². The summed E-state index contributed by atoms with van der Waals surface area (Å²) in [5.74, 6) is 0. The van der Waals surface area contributed by atoms with Crippen LogP contribution >= 0.6 is 11.3 Å². The summed E-state index contributed by atoms with van der Waals surface area (Å²) in [6.45, 7) is 2.45. The summed E-state index contributed by atoms with van der Waals surface area (Å²) >= 11 is 1.42. The van der Waals surface area contributed by atoms with Crippen LogP contribution < -0.4 is 5.73 Å². The molecule has 0 aliphatic heterocycles. The standard InChI is InChI=1S/C13H17N3O2S2/c1-10-13(6-12(7-14)19-10)20(17,18)16(2)9-11-4-3-5-15-8-11/h3-6,8H,7,9,14H2,1-2H3. The predicted molar refractivity (Wildman–Crippen MR) is 79.8 cm³/mol. The molecule has 0 unspecified atom stereocenters. The van der Waals surface area contributed by atoms with Crippen LogP contribution in [0.1, 0.15) is 15.3 Å². The maximum Gasteiger partial charge on any atom is 0.244 e. The third-order valence-electron chi connectivity index (χ3n) is 2.94. The van der Waals surface area contributed by atoms with Gasteiger partial charge in [0.15, 0.2) is 0 Å². The van der Waals surface area contributed by atoms with Crippen LogP contribution in [0.25, 0.3) is 0 Å². The van der Waals surface area contributed by atoms with Crippen LogP contribution in [0.2, 0.25) is 0 Å². The third kappa shape index (κ3) is 3.06. The Morgan fingerprint density at radius 2 is 2.20 bits per heavy atom. The van der Waals surface area contributed by atoms with Crippen LogP contribution in [0.3, 0.4) is 0 Å². The Hall–Kier alpha value is -1.28. The molecule has 0 spiro atoms. The fourth-order valence-corrected chi connectivity index (χ4v) is 4.52. The number of sulfonamides is 1. The molecule has 0 aliphatic rings. The van der Waals surface area contributed by atoms with Crippen LogP contribution in [0.5, 0.6) is 0 Å². The summed E-state index contributed by atoms with van der Waals surface area (Å²) in [6, 6.07) is 5.30. The summed E-state index contributed by atoms with van der Waals surface area (Å²) in [4.78, 5) is 5.97. The SMILES string of the molecule is Cc1sc(CN)cc1S(=O)(=O)N(C)Cc1cccnc1. The van der Waals surface area contributed by atoms with Crippen molar-refractivity contribution in [1.82, 2.24) is 9.29 Å². The number of rotatable bonds is 5. The highest BCUT2D eigenvalue weighted by molar-refractivity contribution is 7.89. The minimum Gasteiger partial charge on any atom is -0.326 e. The highest BCUT2D eigenvalue weighted by atomic mass is 32.2. The van der Waals surface area contributed by atoms with E-state index in [0.717, 1.165) is 15.3 Å². The van der Waals surface area contributed by atoms with E-state index in [4.69, 9.17) is 5.73 Å². The largest absolute Gasteiger partial charge is 0.326 e. The van der Waals surface area contributed by atoms with Crippen molar-refractivity contribution in [2.24, 2.45) is 5.73 Å². The number of thiophene rings is 1. The second-order valence-corrected chi connectivity index (χ2v) is 7.81. The van der Waals surface area contributed by atoms with Crippen molar-refractivity contribution in [1.29, 1.82) is 0 Å². The van der Waals surface area contributed by atoms with E-state index in [-0.39, 0.29) is 0 Å². The Kier molecular flexibility index (Phi) is 4.54. The zero-order chi connectivity index (χ0) is 14.8. The van der Waals surface area contributed by atoms with Crippen molar-refractivity contribution < 1.29 is 8.42 Å². The van der Waals surface area contributed by atoms with Gasteiger partial charge >= 0.3 is 0 Å². The first kappa shape index (κ1) is 15.1. The molecular weight excluding hydrogens is 294 g/mol. The van der Waals surface area contributed by atoms with Gasteiger partial charge in [-0.3, -0.25) is 4.98 Å². The van der Waals surface area contributed by atoms with Crippen LogP contribution in [0.4, 0.5) is 0 Å². The first-order valence-electron chi connectivity index (χ1n) is 6.09. The van der Waals surface area contributed by atoms with E-state index in [0.29, 0.717) is 18.0 Å². The minimum absolute atomic E-state index is 0.295. The van der Waals surface area contributed by atoms with E-state index >= 15 is 0 Å². The van der Waals surface area contributed by atoms with E-state index in [9.17, 15) is 8.42 Å². The van der Waals surface area contributed by atoms with Gasteiger partial charge < -0.3 is 5.73 Å². The lowest BCUT2D eigenvalue weighted by molar-refractivity contribution is 0.466. The molecule has 0 amide bonds. The molecular formula is C13H17N3O2S2. The number of hydrogen-bond acceptors (Lipinski definition) is 5. The third-order valence-corrected chi connectivity index (χ3v) is 6.07. The minimum atomic E-state index is -3.50. The van der Waals surface area contributed by atoms with Gasteiger partial charge in [0.2, 0.25) is 10.0 Å². The van der Waals surface area contributed by atoms with Gasteiger partial charge in [0, 0.05) is 42.3 Å². The van der Waals surface area contributed by atoms with Gasteiger partial charge in [-0.2, -0.15) is 4.31 Å². The van der Waals surface area contributed by atoms with Gasteiger partial charge in [-0.1, -0.05) is 6.07 Å². The number of nitrogens with two attached hydrogens (primary N) is 1. The molecule has 7 heteroatoms. The van der Waals surface area contributed by atoms with Gasteiger partial charge in [-0.25, -0.2) is 8.42 Å². The fourth-order valence-electron chi connectivity index (χ4n) is 1.88. The Bertz CT molecular complexity index is 681. The van der Waals surface area contributed by atoms with Crippen molar-refractivity contribution in [3.05, 3.63) is 45.9 Å². The summed E-state index contributed by atoms with van der Waals surface area (Å²) < 4.78 is 26.4. The number of hydrogen-bond donors (Lipinski definition) is 1. The Labute approximate surface area is 123 Å². The zero-order valence-electron chi connectivity index (χ0n) is 11.4. The molecule has 0 aliphatic carbocycles. The van der Waals surface area contributed by atoms with Gasteiger partial charge in [0.1, 0.15) is 0 Å². The van der Waals surface area contributed by atoms with E-state index in [1.54, 1.807) is 38.5 Å². The van der Waals surface area contributed by atoms with Crippen LogP contribution in [-0.2, 0) is 23.1 Å². The predicted octanol–water partition coefficient (Wildman–Crippen LogP) is 1.73. The molecule has 0 saturated heterocycles. The summed E-state index contributed by atoms with van der Waals surface area (Å²) in [6.07, 6.45) is 3.33. The molecule has 0 saturated carbocycles. The molecule has 2 rings (SSSR count). The Balaban J connectivity index is 2.27. The molecule has 2 aromatic rings. The molecule has 2 heterocycles. The van der Waals surface area contributed by atoms with Crippen molar-refractivity contribution in [3.63, 3.8) is 0 Å². The van der Waals surface area contributed by atoms with E-state index < -0.39 is 10.0 Å². The van der Waals surface area contributed by atoms with Crippen molar-refractivity contribution >= 4 is 21.4 Å². The number of aryl methyl sites for hydroxylation is 1. The summed E-state index contributed by atoms with van der Waals surface area (Å²) in [7, 11) is -1.93. The number of nitrogens with zero attached hydrogens (tertiary/aromatic N) is 2.